The van der Waals surface area contributed by atoms with Crippen molar-refractivity contribution in [2.45, 2.75) is 24.3 Å². The van der Waals surface area contributed by atoms with E-state index in [1.807, 2.05) is 11.8 Å². The van der Waals surface area contributed by atoms with Crippen molar-refractivity contribution in [2.24, 2.45) is 0 Å². The number of thioether (sulfide) groups is 1. The van der Waals surface area contributed by atoms with Gasteiger partial charge in [-0.3, -0.25) is 0 Å². The molecular formula is C11H12N2S. The average molecular weight is 204 g/mol. The zero-order chi connectivity index (χ0) is 9.97. The van der Waals surface area contributed by atoms with Crippen LogP contribution in [0.4, 0.5) is 5.69 Å². The van der Waals surface area contributed by atoms with Gasteiger partial charge in [-0.1, -0.05) is 6.07 Å². The largest absolute Gasteiger partial charge is 0.380 e. The topological polar surface area (TPSA) is 35.8 Å². The minimum absolute atomic E-state index is 0.305. The average Bonchev–Trinajstić information content (AvgIpc) is 2.17. The highest BCUT2D eigenvalue weighted by Gasteiger charge is 2.17. The van der Waals surface area contributed by atoms with Crippen LogP contribution < -0.4 is 5.32 Å². The highest BCUT2D eigenvalue weighted by Crippen LogP contribution is 2.34. The van der Waals surface area contributed by atoms with Crippen LogP contribution in [-0.4, -0.2) is 11.8 Å². The molecule has 1 aliphatic heterocycles. The van der Waals surface area contributed by atoms with Crippen LogP contribution in [0.5, 0.6) is 0 Å². The number of nitriles is 1. The molecule has 0 saturated carbocycles. The van der Waals surface area contributed by atoms with E-state index in [0.717, 1.165) is 5.75 Å². The lowest BCUT2D eigenvalue weighted by Crippen LogP contribution is -2.25. The van der Waals surface area contributed by atoms with E-state index in [4.69, 9.17) is 5.26 Å². The fraction of sp³-hybridized carbons (Fsp3) is 0.364. The predicted octanol–water partition coefficient (Wildman–Crippen LogP) is 2.79. The number of hydrogen-bond acceptors (Lipinski definition) is 3. The number of aryl methyl sites for hydroxylation is 1. The molecule has 1 N–H and O–H groups in total. The maximum atomic E-state index is 8.62. The molecule has 0 radical (unpaired) electrons. The molecule has 1 atom stereocenters. The molecule has 0 fully saturated rings. The number of nitrogens with zero attached hydrogens (tertiary/aromatic N) is 1. The Hall–Kier alpha value is -1.14. The molecule has 3 heteroatoms. The molecule has 0 bridgehead atoms. The molecule has 1 aromatic rings. The van der Waals surface area contributed by atoms with E-state index in [1.165, 1.54) is 16.1 Å². The maximum absolute atomic E-state index is 8.62. The SMILES string of the molecule is Cc1ccc2c(c1)NC(CC#N)CS2. The van der Waals surface area contributed by atoms with Gasteiger partial charge in [0.2, 0.25) is 0 Å². The van der Waals surface area contributed by atoms with Crippen molar-refractivity contribution in [2.75, 3.05) is 11.1 Å². The molecule has 0 aliphatic carbocycles. The van der Waals surface area contributed by atoms with Gasteiger partial charge in [-0.25, -0.2) is 0 Å². The van der Waals surface area contributed by atoms with Gasteiger partial charge >= 0.3 is 0 Å². The third kappa shape index (κ3) is 1.85. The lowest BCUT2D eigenvalue weighted by atomic mass is 10.2. The van der Waals surface area contributed by atoms with Crippen LogP contribution in [-0.2, 0) is 0 Å². The van der Waals surface area contributed by atoms with Gasteiger partial charge in [-0.2, -0.15) is 5.26 Å². The van der Waals surface area contributed by atoms with E-state index in [0.29, 0.717) is 12.5 Å². The predicted molar refractivity (Wildman–Crippen MR) is 59.5 cm³/mol. The first-order chi connectivity index (χ1) is 6.79. The van der Waals surface area contributed by atoms with Crippen molar-refractivity contribution in [1.29, 1.82) is 5.26 Å². The van der Waals surface area contributed by atoms with E-state index in [1.54, 1.807) is 0 Å². The minimum Gasteiger partial charge on any atom is -0.380 e. The third-order valence-corrected chi connectivity index (χ3v) is 3.51. The molecule has 0 spiro atoms. The maximum Gasteiger partial charge on any atom is 0.0643 e. The molecule has 2 rings (SSSR count). The molecule has 1 heterocycles. The summed E-state index contributed by atoms with van der Waals surface area (Å²) in [6.07, 6.45) is 0.584. The molecule has 1 aliphatic rings. The molecule has 1 aromatic carbocycles. The van der Waals surface area contributed by atoms with Gasteiger partial charge in [0.05, 0.1) is 12.5 Å². The summed E-state index contributed by atoms with van der Waals surface area (Å²) in [4.78, 5) is 1.30. The minimum atomic E-state index is 0.305. The lowest BCUT2D eigenvalue weighted by molar-refractivity contribution is 0.819. The summed E-state index contributed by atoms with van der Waals surface area (Å²) < 4.78 is 0. The standard InChI is InChI=1S/C11H12N2S/c1-8-2-3-11-10(6-8)13-9(4-5-12)7-14-11/h2-3,6,9,13H,4,7H2,1H3. The Morgan fingerprint density at radius 1 is 1.64 bits per heavy atom. The van der Waals surface area contributed by atoms with E-state index >= 15 is 0 Å². The van der Waals surface area contributed by atoms with Crippen molar-refractivity contribution in [1.82, 2.24) is 0 Å². The summed E-state index contributed by atoms with van der Waals surface area (Å²) in [5.41, 5.74) is 2.44. The smallest absolute Gasteiger partial charge is 0.0643 e. The van der Waals surface area contributed by atoms with Crippen LogP contribution in [0.1, 0.15) is 12.0 Å². The fourth-order valence-corrected chi connectivity index (χ4v) is 2.57. The molecule has 0 saturated heterocycles. The van der Waals surface area contributed by atoms with Crippen LogP contribution in [0.3, 0.4) is 0 Å². The van der Waals surface area contributed by atoms with Crippen molar-refractivity contribution in [3.63, 3.8) is 0 Å². The quantitative estimate of drug-likeness (QED) is 0.764. The van der Waals surface area contributed by atoms with Gasteiger partial charge in [0.1, 0.15) is 0 Å². The van der Waals surface area contributed by atoms with Gasteiger partial charge in [-0.05, 0) is 24.6 Å². The summed E-state index contributed by atoms with van der Waals surface area (Å²) in [5.74, 6) is 0.990. The summed E-state index contributed by atoms with van der Waals surface area (Å²) in [5, 5.41) is 12.0. The molecule has 2 nitrogen and oxygen atoms in total. The number of nitrogens with one attached hydrogen (secondary N) is 1. The van der Waals surface area contributed by atoms with Crippen molar-refractivity contribution in [3.05, 3.63) is 23.8 Å². The Balaban J connectivity index is 2.21. The second-order valence-electron chi connectivity index (χ2n) is 3.51. The molecular weight excluding hydrogens is 192 g/mol. The number of benzene rings is 1. The van der Waals surface area contributed by atoms with E-state index in [2.05, 4.69) is 36.5 Å². The van der Waals surface area contributed by atoms with Crippen LogP contribution in [0.15, 0.2) is 23.1 Å². The second kappa shape index (κ2) is 3.93. The Kier molecular flexibility index (Phi) is 2.64. The molecule has 0 aromatic heterocycles. The molecule has 1 unspecified atom stereocenters. The number of anilines is 1. The Bertz CT molecular complexity index is 381. The summed E-state index contributed by atoms with van der Waals surface area (Å²) >= 11 is 1.83. The molecule has 14 heavy (non-hydrogen) atoms. The number of fused-ring (bicyclic) bond motifs is 1. The molecule has 72 valence electrons. The highest BCUT2D eigenvalue weighted by molar-refractivity contribution is 7.99. The summed E-state index contributed by atoms with van der Waals surface area (Å²) in [6.45, 7) is 2.08. The van der Waals surface area contributed by atoms with Gasteiger partial charge < -0.3 is 5.32 Å². The van der Waals surface area contributed by atoms with Gasteiger partial charge in [0, 0.05) is 22.4 Å². The first kappa shape index (κ1) is 9.42. The lowest BCUT2D eigenvalue weighted by Gasteiger charge is -2.25. The second-order valence-corrected chi connectivity index (χ2v) is 4.58. The van der Waals surface area contributed by atoms with Crippen molar-refractivity contribution >= 4 is 17.4 Å². The third-order valence-electron chi connectivity index (χ3n) is 2.27. The van der Waals surface area contributed by atoms with Crippen LogP contribution in [0.2, 0.25) is 0 Å². The van der Waals surface area contributed by atoms with Gasteiger partial charge in [-0.15, -0.1) is 11.8 Å². The van der Waals surface area contributed by atoms with E-state index < -0.39 is 0 Å². The van der Waals surface area contributed by atoms with Crippen molar-refractivity contribution < 1.29 is 0 Å². The monoisotopic (exact) mass is 204 g/mol. The van der Waals surface area contributed by atoms with Gasteiger partial charge in [0.15, 0.2) is 0 Å². The zero-order valence-corrected chi connectivity index (χ0v) is 8.90. The van der Waals surface area contributed by atoms with Gasteiger partial charge in [0.25, 0.3) is 0 Å². The fourth-order valence-electron chi connectivity index (χ4n) is 1.55. The van der Waals surface area contributed by atoms with Crippen molar-refractivity contribution in [3.8, 4) is 6.07 Å². The summed E-state index contributed by atoms with van der Waals surface area (Å²) in [6, 6.07) is 8.92. The Morgan fingerprint density at radius 2 is 2.50 bits per heavy atom. The van der Waals surface area contributed by atoms with Crippen LogP contribution in [0, 0.1) is 18.3 Å². The first-order valence-corrected chi connectivity index (χ1v) is 5.65. The summed E-state index contributed by atoms with van der Waals surface area (Å²) in [7, 11) is 0. The van der Waals surface area contributed by atoms with Crippen LogP contribution >= 0.6 is 11.8 Å². The number of hydrogen-bond donors (Lipinski definition) is 1. The Morgan fingerprint density at radius 3 is 3.29 bits per heavy atom. The molecule has 0 amide bonds. The first-order valence-electron chi connectivity index (χ1n) is 4.66. The van der Waals surface area contributed by atoms with Crippen LogP contribution in [0.25, 0.3) is 0 Å². The Labute approximate surface area is 88.3 Å². The zero-order valence-electron chi connectivity index (χ0n) is 8.08. The number of rotatable bonds is 1. The van der Waals surface area contributed by atoms with E-state index in [-0.39, 0.29) is 0 Å². The normalized spacial score (nSPS) is 19.3. The van der Waals surface area contributed by atoms with E-state index in [9.17, 15) is 0 Å². The highest BCUT2D eigenvalue weighted by atomic mass is 32.2.